The van der Waals surface area contributed by atoms with E-state index in [2.05, 4.69) is 9.71 Å². The molecule has 1 heterocycles. The first-order chi connectivity index (χ1) is 9.40. The third-order valence-electron chi connectivity index (χ3n) is 2.54. The van der Waals surface area contributed by atoms with E-state index in [9.17, 15) is 13.2 Å². The second-order valence-electron chi connectivity index (χ2n) is 4.02. The van der Waals surface area contributed by atoms with Crippen LogP contribution in [0.15, 0.2) is 47.5 Å². The summed E-state index contributed by atoms with van der Waals surface area (Å²) in [5.74, 6) is 0.0548. The zero-order valence-electron chi connectivity index (χ0n) is 10.5. The second-order valence-corrected chi connectivity index (χ2v) is 6.84. The van der Waals surface area contributed by atoms with Crippen LogP contribution in [-0.4, -0.2) is 19.2 Å². The maximum Gasteiger partial charge on any atom is 0.264 e. The van der Waals surface area contributed by atoms with E-state index in [1.165, 1.54) is 31.3 Å². The summed E-state index contributed by atoms with van der Waals surface area (Å²) in [4.78, 5) is 15.2. The van der Waals surface area contributed by atoms with Crippen molar-refractivity contribution in [1.29, 1.82) is 0 Å². The van der Waals surface area contributed by atoms with Crippen LogP contribution in [0, 0.1) is 3.57 Å². The highest BCUT2D eigenvalue weighted by atomic mass is 127. The van der Waals surface area contributed by atoms with Crippen molar-refractivity contribution in [3.63, 3.8) is 0 Å². The Bertz CT molecular complexity index is 742. The van der Waals surface area contributed by atoms with E-state index < -0.39 is 10.0 Å². The Hall–Kier alpha value is -1.48. The van der Waals surface area contributed by atoms with Crippen LogP contribution in [0.3, 0.4) is 0 Å². The summed E-state index contributed by atoms with van der Waals surface area (Å²) >= 11 is 1.96. The minimum absolute atomic E-state index is 0.121. The van der Waals surface area contributed by atoms with E-state index in [-0.39, 0.29) is 16.5 Å². The monoisotopic (exact) mass is 402 g/mol. The molecule has 1 aromatic carbocycles. The molecule has 5 nitrogen and oxygen atoms in total. The van der Waals surface area contributed by atoms with Crippen LogP contribution in [0.1, 0.15) is 17.3 Å². The lowest BCUT2D eigenvalue weighted by Gasteiger charge is -2.08. The molecule has 7 heteroatoms. The molecule has 0 saturated carbocycles. The number of carbonyl (C=O) groups excluding carboxylic acids is 1. The Morgan fingerprint density at radius 3 is 2.45 bits per heavy atom. The molecule has 1 N–H and O–H groups in total. The van der Waals surface area contributed by atoms with Crippen LogP contribution < -0.4 is 4.72 Å². The van der Waals surface area contributed by atoms with Crippen LogP contribution >= 0.6 is 22.6 Å². The predicted octanol–water partition coefficient (Wildman–Crippen LogP) is 2.69. The number of carbonyl (C=O) groups is 1. The lowest BCUT2D eigenvalue weighted by Crippen LogP contribution is -2.15. The summed E-state index contributed by atoms with van der Waals surface area (Å²) in [6.07, 6.45) is 1.34. The number of hydrogen-bond donors (Lipinski definition) is 1. The van der Waals surface area contributed by atoms with E-state index in [0.717, 1.165) is 0 Å². The number of ketones is 1. The summed E-state index contributed by atoms with van der Waals surface area (Å²) in [5, 5.41) is 0. The van der Waals surface area contributed by atoms with E-state index >= 15 is 0 Å². The van der Waals surface area contributed by atoms with Gasteiger partial charge in [-0.15, -0.1) is 0 Å². The molecular weight excluding hydrogens is 391 g/mol. The quantitative estimate of drug-likeness (QED) is 0.631. The zero-order chi connectivity index (χ0) is 14.8. The minimum Gasteiger partial charge on any atom is -0.294 e. The molecule has 2 rings (SSSR count). The fourth-order valence-corrected chi connectivity index (χ4v) is 3.86. The van der Waals surface area contributed by atoms with Gasteiger partial charge >= 0.3 is 0 Å². The molecule has 0 saturated heterocycles. The van der Waals surface area contributed by atoms with Gasteiger partial charge in [0.1, 0.15) is 10.7 Å². The molecule has 0 spiro atoms. The van der Waals surface area contributed by atoms with Crippen molar-refractivity contribution < 1.29 is 13.2 Å². The molecule has 0 aliphatic rings. The number of benzene rings is 1. The van der Waals surface area contributed by atoms with E-state index in [1.54, 1.807) is 18.2 Å². The number of aromatic nitrogens is 1. The number of anilines is 1. The van der Waals surface area contributed by atoms with Gasteiger partial charge in [0.25, 0.3) is 10.0 Å². The normalized spacial score (nSPS) is 11.1. The van der Waals surface area contributed by atoms with Gasteiger partial charge in [-0.3, -0.25) is 9.52 Å². The lowest BCUT2D eigenvalue weighted by atomic mass is 10.2. The summed E-state index contributed by atoms with van der Waals surface area (Å²) in [6, 6.07) is 9.65. The van der Waals surface area contributed by atoms with E-state index in [1.807, 2.05) is 22.6 Å². The van der Waals surface area contributed by atoms with Gasteiger partial charge < -0.3 is 0 Å². The SMILES string of the molecule is CC(=O)c1ccc(NS(=O)(=O)c2ccccc2I)nc1. The largest absolute Gasteiger partial charge is 0.294 e. The summed E-state index contributed by atoms with van der Waals surface area (Å²) in [7, 11) is -3.68. The Balaban J connectivity index is 2.29. The van der Waals surface area contributed by atoms with E-state index in [4.69, 9.17) is 0 Å². The highest BCUT2D eigenvalue weighted by Gasteiger charge is 2.17. The molecular formula is C13H11IN2O3S. The molecule has 2 aromatic rings. The zero-order valence-corrected chi connectivity index (χ0v) is 13.5. The molecule has 1 aromatic heterocycles. The lowest BCUT2D eigenvalue weighted by molar-refractivity contribution is 0.101. The van der Waals surface area contributed by atoms with Crippen molar-refractivity contribution in [1.82, 2.24) is 4.98 Å². The number of Topliss-reactive ketones (excluding diaryl/α,β-unsaturated/α-hetero) is 1. The summed E-state index contributed by atoms with van der Waals surface area (Å²) < 4.78 is 27.4. The van der Waals surface area contributed by atoms with Crippen molar-refractivity contribution in [2.24, 2.45) is 0 Å². The van der Waals surface area contributed by atoms with Gasteiger partial charge in [-0.1, -0.05) is 12.1 Å². The van der Waals surface area contributed by atoms with Gasteiger partial charge in [-0.25, -0.2) is 13.4 Å². The fraction of sp³-hybridized carbons (Fsp3) is 0.0769. The van der Waals surface area contributed by atoms with Gasteiger partial charge in [0, 0.05) is 15.3 Å². The minimum atomic E-state index is -3.68. The van der Waals surface area contributed by atoms with Crippen LogP contribution in [0.2, 0.25) is 0 Å². The van der Waals surface area contributed by atoms with Gasteiger partial charge in [0.2, 0.25) is 0 Å². The molecule has 0 radical (unpaired) electrons. The molecule has 20 heavy (non-hydrogen) atoms. The molecule has 0 atom stereocenters. The van der Waals surface area contributed by atoms with Crippen LogP contribution in [-0.2, 0) is 10.0 Å². The van der Waals surface area contributed by atoms with Crippen molar-refractivity contribution in [2.45, 2.75) is 11.8 Å². The first kappa shape index (κ1) is 14.9. The highest BCUT2D eigenvalue weighted by Crippen LogP contribution is 2.20. The topological polar surface area (TPSA) is 76.1 Å². The smallest absolute Gasteiger partial charge is 0.264 e. The van der Waals surface area contributed by atoms with Crippen LogP contribution in [0.25, 0.3) is 0 Å². The number of halogens is 1. The number of pyridine rings is 1. The van der Waals surface area contributed by atoms with Gasteiger partial charge in [0.15, 0.2) is 5.78 Å². The molecule has 0 aliphatic heterocycles. The molecule has 0 bridgehead atoms. The second kappa shape index (κ2) is 5.88. The number of nitrogens with zero attached hydrogens (tertiary/aromatic N) is 1. The standard InChI is InChI=1S/C13H11IN2O3S/c1-9(17)10-6-7-13(15-8-10)16-20(18,19)12-5-3-2-4-11(12)14/h2-8H,1H3,(H,15,16). The summed E-state index contributed by atoms with van der Waals surface area (Å²) in [5.41, 5.74) is 0.433. The Morgan fingerprint density at radius 1 is 1.20 bits per heavy atom. The van der Waals surface area contributed by atoms with E-state index in [0.29, 0.717) is 9.13 Å². The molecule has 0 amide bonds. The maximum atomic E-state index is 12.2. The predicted molar refractivity (Wildman–Crippen MR) is 84.2 cm³/mol. The third kappa shape index (κ3) is 3.34. The van der Waals surface area contributed by atoms with Gasteiger partial charge in [-0.2, -0.15) is 0 Å². The molecule has 0 unspecified atom stereocenters. The number of hydrogen-bond acceptors (Lipinski definition) is 4. The Morgan fingerprint density at radius 2 is 1.90 bits per heavy atom. The van der Waals surface area contributed by atoms with Crippen LogP contribution in [0.5, 0.6) is 0 Å². The third-order valence-corrected chi connectivity index (χ3v) is 5.25. The first-order valence-electron chi connectivity index (χ1n) is 5.64. The van der Waals surface area contributed by atoms with Crippen LogP contribution in [0.4, 0.5) is 5.82 Å². The van der Waals surface area contributed by atoms with Crippen molar-refractivity contribution in [2.75, 3.05) is 4.72 Å². The average Bonchev–Trinajstić information content (AvgIpc) is 2.39. The first-order valence-corrected chi connectivity index (χ1v) is 8.21. The van der Waals surface area contributed by atoms with Gasteiger partial charge in [-0.05, 0) is 53.8 Å². The average molecular weight is 402 g/mol. The van der Waals surface area contributed by atoms with Gasteiger partial charge in [0.05, 0.1) is 0 Å². The number of rotatable bonds is 4. The van der Waals surface area contributed by atoms with Crippen molar-refractivity contribution in [3.05, 3.63) is 51.7 Å². The maximum absolute atomic E-state index is 12.2. The molecule has 0 aliphatic carbocycles. The molecule has 104 valence electrons. The Kier molecular flexibility index (Phi) is 4.39. The molecule has 0 fully saturated rings. The number of sulfonamides is 1. The van der Waals surface area contributed by atoms with Crippen molar-refractivity contribution in [3.8, 4) is 0 Å². The Labute approximate surface area is 130 Å². The van der Waals surface area contributed by atoms with Crippen molar-refractivity contribution >= 4 is 44.2 Å². The fourth-order valence-electron chi connectivity index (χ4n) is 1.52. The number of nitrogens with one attached hydrogen (secondary N) is 1. The highest BCUT2D eigenvalue weighted by molar-refractivity contribution is 14.1. The summed E-state index contributed by atoms with van der Waals surface area (Å²) in [6.45, 7) is 1.42.